The third-order valence-corrected chi connectivity index (χ3v) is 7.19. The van der Waals surface area contributed by atoms with Gasteiger partial charge in [0.25, 0.3) is 0 Å². The Bertz CT molecular complexity index is 1290. The van der Waals surface area contributed by atoms with Crippen molar-refractivity contribution in [3.63, 3.8) is 0 Å². The molecule has 1 aliphatic carbocycles. The maximum atomic E-state index is 14.4. The number of hydrogen-bond donors (Lipinski definition) is 0. The lowest BCUT2D eigenvalue weighted by molar-refractivity contribution is -0.0270. The van der Waals surface area contributed by atoms with Gasteiger partial charge in [-0.05, 0) is 55.4 Å². The Hall–Kier alpha value is -3.11. The number of nitrogens with zero attached hydrogens (tertiary/aromatic N) is 4. The van der Waals surface area contributed by atoms with Gasteiger partial charge in [0.15, 0.2) is 0 Å². The molecule has 1 amide bonds. The van der Waals surface area contributed by atoms with Gasteiger partial charge in [-0.25, -0.2) is 14.2 Å². The number of benzene rings is 2. The van der Waals surface area contributed by atoms with Gasteiger partial charge in [0.05, 0.1) is 47.1 Å². The second kappa shape index (κ2) is 8.03. The zero-order valence-electron chi connectivity index (χ0n) is 18.4. The Kier molecular flexibility index (Phi) is 5.29. The number of nitriles is 1. The number of ether oxygens (including phenoxy) is 1. The number of fused-ring (bicyclic) bond motifs is 1. The number of amides is 1. The summed E-state index contributed by atoms with van der Waals surface area (Å²) in [6.07, 6.45) is 4.81. The van der Waals surface area contributed by atoms with Crippen LogP contribution in [0.3, 0.4) is 0 Å². The smallest absolute Gasteiger partial charge is 0.410 e. The van der Waals surface area contributed by atoms with Crippen molar-refractivity contribution in [1.29, 1.82) is 5.26 Å². The fraction of sp³-hybridized carbons (Fsp3) is 0.400. The molecule has 0 radical (unpaired) electrons. The lowest BCUT2D eigenvalue weighted by Crippen LogP contribution is -2.44. The van der Waals surface area contributed by atoms with Crippen LogP contribution in [-0.2, 0) is 17.8 Å². The number of halogens is 2. The van der Waals surface area contributed by atoms with Gasteiger partial charge >= 0.3 is 6.09 Å². The van der Waals surface area contributed by atoms with E-state index in [9.17, 15) is 14.4 Å². The quantitative estimate of drug-likeness (QED) is 0.496. The van der Waals surface area contributed by atoms with Gasteiger partial charge in [-0.2, -0.15) is 5.26 Å². The highest BCUT2D eigenvalue weighted by molar-refractivity contribution is 6.30. The molecule has 170 valence electrons. The molecule has 2 aromatic carbocycles. The van der Waals surface area contributed by atoms with Gasteiger partial charge in [-0.15, -0.1) is 0 Å². The molecule has 1 spiro atoms. The maximum absolute atomic E-state index is 14.4. The van der Waals surface area contributed by atoms with Crippen LogP contribution >= 0.6 is 11.6 Å². The van der Waals surface area contributed by atoms with E-state index in [1.165, 1.54) is 6.07 Å². The minimum Gasteiger partial charge on any atom is -0.441 e. The Morgan fingerprint density at radius 3 is 2.97 bits per heavy atom. The molecular weight excluding hydrogens is 443 g/mol. The number of hydrogen-bond acceptors (Lipinski definition) is 4. The van der Waals surface area contributed by atoms with Gasteiger partial charge in [-0.1, -0.05) is 30.7 Å². The summed E-state index contributed by atoms with van der Waals surface area (Å²) in [5.74, 6) is -0.495. The van der Waals surface area contributed by atoms with Crippen LogP contribution in [0.25, 0.3) is 11.0 Å². The molecule has 2 atom stereocenters. The number of imidazole rings is 1. The first kappa shape index (κ1) is 21.7. The van der Waals surface area contributed by atoms with Crippen molar-refractivity contribution in [1.82, 2.24) is 14.5 Å². The van der Waals surface area contributed by atoms with Gasteiger partial charge < -0.3 is 9.30 Å². The standard InChI is InChI=1S/C25H24ClFN4O2/c1-24(14-31-16-29-20-7-6-17(11-28)10-21(20)31)8-3-9-25(13-24)15-30(23(32)33-25)12-18-4-2-5-19(26)22(18)27/h2,4-7,10,16H,3,8-9,12-15H2,1H3. The van der Waals surface area contributed by atoms with Crippen LogP contribution in [0.1, 0.15) is 43.7 Å². The SMILES string of the molecule is CC1(Cn2cnc3ccc(C#N)cc32)CCCC2(CN(Cc3cccc(Cl)c3F)C(=O)O2)C1. The first-order valence-corrected chi connectivity index (χ1v) is 11.4. The summed E-state index contributed by atoms with van der Waals surface area (Å²) in [5, 5.41) is 9.31. The molecular formula is C25H24ClFN4O2. The largest absolute Gasteiger partial charge is 0.441 e. The van der Waals surface area contributed by atoms with E-state index in [2.05, 4.69) is 22.5 Å². The highest BCUT2D eigenvalue weighted by Crippen LogP contribution is 2.47. The van der Waals surface area contributed by atoms with Crippen LogP contribution < -0.4 is 0 Å². The average molecular weight is 467 g/mol. The summed E-state index contributed by atoms with van der Waals surface area (Å²) in [7, 11) is 0. The lowest BCUT2D eigenvalue weighted by atomic mass is 9.68. The zero-order valence-corrected chi connectivity index (χ0v) is 19.1. The van der Waals surface area contributed by atoms with E-state index >= 15 is 0 Å². The van der Waals surface area contributed by atoms with Crippen molar-refractivity contribution in [3.8, 4) is 6.07 Å². The molecule has 1 saturated carbocycles. The highest BCUT2D eigenvalue weighted by Gasteiger charge is 2.51. The highest BCUT2D eigenvalue weighted by atomic mass is 35.5. The maximum Gasteiger partial charge on any atom is 0.410 e. The Labute approximate surface area is 196 Å². The van der Waals surface area contributed by atoms with E-state index in [1.54, 1.807) is 23.1 Å². The minimum atomic E-state index is -0.590. The van der Waals surface area contributed by atoms with E-state index in [0.717, 1.165) is 30.3 Å². The topological polar surface area (TPSA) is 71.2 Å². The van der Waals surface area contributed by atoms with Crippen LogP contribution in [0.2, 0.25) is 5.02 Å². The molecule has 1 aromatic heterocycles. The average Bonchev–Trinajstić information content (AvgIpc) is 3.30. The Balaban J connectivity index is 1.35. The summed E-state index contributed by atoms with van der Waals surface area (Å²) in [6.45, 7) is 3.48. The molecule has 2 heterocycles. The molecule has 5 rings (SSSR count). The summed E-state index contributed by atoms with van der Waals surface area (Å²) < 4.78 is 22.4. The Morgan fingerprint density at radius 2 is 2.15 bits per heavy atom. The fourth-order valence-corrected chi connectivity index (χ4v) is 5.70. The van der Waals surface area contributed by atoms with Crippen molar-refractivity contribution >= 4 is 28.7 Å². The second-order valence-electron chi connectivity index (χ2n) is 9.65. The lowest BCUT2D eigenvalue weighted by Gasteiger charge is -2.43. The van der Waals surface area contributed by atoms with Crippen LogP contribution in [0.15, 0.2) is 42.7 Å². The normalized spacial score (nSPS) is 24.9. The van der Waals surface area contributed by atoms with E-state index < -0.39 is 17.5 Å². The van der Waals surface area contributed by atoms with Gasteiger partial charge in [0.2, 0.25) is 0 Å². The third-order valence-electron chi connectivity index (χ3n) is 6.90. The molecule has 8 heteroatoms. The van der Waals surface area contributed by atoms with Crippen molar-refractivity contribution < 1.29 is 13.9 Å². The van der Waals surface area contributed by atoms with E-state index in [0.29, 0.717) is 30.6 Å². The van der Waals surface area contributed by atoms with Crippen LogP contribution in [0.5, 0.6) is 0 Å². The molecule has 2 unspecified atom stereocenters. The summed E-state index contributed by atoms with van der Waals surface area (Å²) in [4.78, 5) is 18.8. The molecule has 6 nitrogen and oxygen atoms in total. The first-order valence-electron chi connectivity index (χ1n) is 11.1. The van der Waals surface area contributed by atoms with Gasteiger partial charge in [0, 0.05) is 12.1 Å². The number of aromatic nitrogens is 2. The second-order valence-corrected chi connectivity index (χ2v) is 10.1. The molecule has 33 heavy (non-hydrogen) atoms. The number of rotatable bonds is 4. The van der Waals surface area contributed by atoms with Crippen molar-refractivity contribution in [2.24, 2.45) is 5.41 Å². The predicted octanol–water partition coefficient (Wildman–Crippen LogP) is 5.67. The minimum absolute atomic E-state index is 0.0483. The molecule has 2 fully saturated rings. The predicted molar refractivity (Wildman–Crippen MR) is 122 cm³/mol. The summed E-state index contributed by atoms with van der Waals surface area (Å²) in [6, 6.07) is 12.5. The summed E-state index contributed by atoms with van der Waals surface area (Å²) >= 11 is 5.91. The number of carbonyl (C=O) groups excluding carboxylic acids is 1. The van der Waals surface area contributed by atoms with Crippen molar-refractivity contribution in [2.45, 2.75) is 51.3 Å². The third kappa shape index (κ3) is 4.04. The molecule has 3 aromatic rings. The molecule has 1 aliphatic heterocycles. The van der Waals surface area contributed by atoms with Gasteiger partial charge in [0.1, 0.15) is 11.4 Å². The molecule has 2 aliphatic rings. The molecule has 0 N–H and O–H groups in total. The monoisotopic (exact) mass is 466 g/mol. The summed E-state index contributed by atoms with van der Waals surface area (Å²) in [5.41, 5.74) is 2.05. The van der Waals surface area contributed by atoms with Crippen molar-refractivity contribution in [3.05, 3.63) is 64.7 Å². The van der Waals surface area contributed by atoms with Crippen LogP contribution in [0, 0.1) is 22.6 Å². The zero-order chi connectivity index (χ0) is 23.2. The van der Waals surface area contributed by atoms with Gasteiger partial charge in [-0.3, -0.25) is 4.90 Å². The number of carbonyl (C=O) groups is 1. The van der Waals surface area contributed by atoms with Crippen LogP contribution in [0.4, 0.5) is 9.18 Å². The van der Waals surface area contributed by atoms with E-state index in [1.807, 2.05) is 18.5 Å². The van der Waals surface area contributed by atoms with Crippen LogP contribution in [-0.4, -0.2) is 32.7 Å². The van der Waals surface area contributed by atoms with E-state index in [4.69, 9.17) is 16.3 Å². The van der Waals surface area contributed by atoms with E-state index in [-0.39, 0.29) is 17.0 Å². The molecule has 1 saturated heterocycles. The fourth-order valence-electron chi connectivity index (χ4n) is 5.50. The molecule has 0 bridgehead atoms. The Morgan fingerprint density at radius 1 is 1.30 bits per heavy atom. The first-order chi connectivity index (χ1) is 15.8. The van der Waals surface area contributed by atoms with Crippen molar-refractivity contribution in [2.75, 3.05) is 6.54 Å².